The highest BCUT2D eigenvalue weighted by atomic mass is 32.2. The summed E-state index contributed by atoms with van der Waals surface area (Å²) < 4.78 is 44.5. The summed E-state index contributed by atoms with van der Waals surface area (Å²) in [5.41, 5.74) is 1.89. The van der Waals surface area contributed by atoms with Crippen LogP contribution in [0.3, 0.4) is 0 Å². The van der Waals surface area contributed by atoms with E-state index < -0.39 is 39.3 Å². The molecule has 0 saturated heterocycles. The number of carbonyl (C=O) groups excluding carboxylic acids is 2. The molecule has 7 nitrogen and oxygen atoms in total. The van der Waals surface area contributed by atoms with Crippen molar-refractivity contribution in [2.45, 2.75) is 23.6 Å². The quantitative estimate of drug-likeness (QED) is 0.431. The first kappa shape index (κ1) is 22.2. The van der Waals surface area contributed by atoms with Gasteiger partial charge in [0.15, 0.2) is 9.84 Å². The first-order valence-electron chi connectivity index (χ1n) is 9.42. The summed E-state index contributed by atoms with van der Waals surface area (Å²) in [6, 6.07) is 14.7. The normalized spacial score (nSPS) is 12.2. The Hall–Kier alpha value is -3.46. The van der Waals surface area contributed by atoms with Gasteiger partial charge in [0.1, 0.15) is 16.8 Å². The summed E-state index contributed by atoms with van der Waals surface area (Å²) in [5.74, 6) is -2.35. The van der Waals surface area contributed by atoms with Gasteiger partial charge in [0.25, 0.3) is 0 Å². The average molecular weight is 444 g/mol. The zero-order valence-electron chi connectivity index (χ0n) is 16.7. The molecule has 2 aromatic carbocycles. The summed E-state index contributed by atoms with van der Waals surface area (Å²) >= 11 is 0. The van der Waals surface area contributed by atoms with Crippen LogP contribution in [-0.2, 0) is 26.0 Å². The van der Waals surface area contributed by atoms with Gasteiger partial charge in [-0.3, -0.25) is 9.59 Å². The van der Waals surface area contributed by atoms with E-state index in [2.05, 4.69) is 10.6 Å². The van der Waals surface area contributed by atoms with Gasteiger partial charge in [0.2, 0.25) is 0 Å². The maximum absolute atomic E-state index is 13.2. The summed E-state index contributed by atoms with van der Waals surface area (Å²) in [6.07, 6.45) is 1.30. The highest BCUT2D eigenvalue weighted by molar-refractivity contribution is 7.91. The minimum atomic E-state index is -4.03. The average Bonchev–Trinajstić information content (AvgIpc) is 3.27. The molecular weight excluding hydrogens is 423 g/mol. The molecule has 2 amide bonds. The lowest BCUT2D eigenvalue weighted by Crippen LogP contribution is -2.42. The maximum Gasteiger partial charge on any atom is 0.309 e. The predicted octanol–water partition coefficient (Wildman–Crippen LogP) is 2.67. The van der Waals surface area contributed by atoms with Gasteiger partial charge >= 0.3 is 11.8 Å². The Morgan fingerprint density at radius 2 is 1.61 bits per heavy atom. The lowest BCUT2D eigenvalue weighted by molar-refractivity contribution is -0.139. The zero-order chi connectivity index (χ0) is 22.4. The van der Waals surface area contributed by atoms with Crippen LogP contribution in [0.2, 0.25) is 0 Å². The van der Waals surface area contributed by atoms with Crippen LogP contribution in [-0.4, -0.2) is 26.8 Å². The highest BCUT2D eigenvalue weighted by Gasteiger charge is 2.32. The lowest BCUT2D eigenvalue weighted by Gasteiger charge is -2.16. The van der Waals surface area contributed by atoms with E-state index in [1.807, 2.05) is 31.2 Å². The molecule has 1 atom stereocenters. The van der Waals surface area contributed by atoms with E-state index in [0.717, 1.165) is 35.4 Å². The largest absolute Gasteiger partial charge is 0.468 e. The van der Waals surface area contributed by atoms with Gasteiger partial charge in [0.05, 0.1) is 11.2 Å². The first-order valence-corrected chi connectivity index (χ1v) is 11.0. The summed E-state index contributed by atoms with van der Waals surface area (Å²) in [6.45, 7) is 1.69. The Kier molecular flexibility index (Phi) is 6.86. The molecule has 9 heteroatoms. The van der Waals surface area contributed by atoms with Crippen molar-refractivity contribution in [3.63, 3.8) is 0 Å². The molecule has 2 N–H and O–H groups in total. The second kappa shape index (κ2) is 9.57. The van der Waals surface area contributed by atoms with Gasteiger partial charge < -0.3 is 15.1 Å². The fourth-order valence-electron chi connectivity index (χ4n) is 2.86. The number of rotatable bonds is 7. The molecule has 0 radical (unpaired) electrons. The van der Waals surface area contributed by atoms with E-state index in [1.165, 1.54) is 18.4 Å². The second-order valence-electron chi connectivity index (χ2n) is 6.88. The molecule has 1 aromatic heterocycles. The highest BCUT2D eigenvalue weighted by Crippen LogP contribution is 2.29. The molecule has 162 valence electrons. The summed E-state index contributed by atoms with van der Waals surface area (Å²) in [5, 5.41) is 3.54. The van der Waals surface area contributed by atoms with E-state index in [-0.39, 0.29) is 17.2 Å². The summed E-state index contributed by atoms with van der Waals surface area (Å²) in [4.78, 5) is 24.2. The molecular formula is C22H21FN2O5S. The lowest BCUT2D eigenvalue weighted by atomic mass is 10.1. The number of nitrogens with one attached hydrogen (secondary N) is 2. The smallest absolute Gasteiger partial charge is 0.309 e. The standard InChI is InChI=1S/C22H21FN2O5S/c1-15-4-6-16(7-5-15)13-24-21(26)22(27)25-14-20(19-3-2-12-30-19)31(28,29)18-10-8-17(23)9-11-18/h2-12,20H,13-14H2,1H3,(H,24,26)(H,25,27)/t20-/m0/s1. The molecule has 0 unspecified atom stereocenters. The van der Waals surface area contributed by atoms with E-state index >= 15 is 0 Å². The van der Waals surface area contributed by atoms with Crippen LogP contribution in [0.1, 0.15) is 22.1 Å². The van der Waals surface area contributed by atoms with Gasteiger partial charge in [-0.15, -0.1) is 0 Å². The number of aryl methyl sites for hydroxylation is 1. The van der Waals surface area contributed by atoms with Crippen LogP contribution in [0, 0.1) is 12.7 Å². The molecule has 0 spiro atoms. The molecule has 1 heterocycles. The number of carbonyl (C=O) groups is 2. The number of sulfone groups is 1. The molecule has 3 aromatic rings. The number of halogens is 1. The minimum absolute atomic E-state index is 0.0877. The van der Waals surface area contributed by atoms with Gasteiger partial charge in [-0.2, -0.15) is 0 Å². The third-order valence-corrected chi connectivity index (χ3v) is 6.68. The van der Waals surface area contributed by atoms with Crippen molar-refractivity contribution < 1.29 is 26.8 Å². The SMILES string of the molecule is Cc1ccc(CNC(=O)C(=O)NC[C@@H](c2ccco2)S(=O)(=O)c2ccc(F)cc2)cc1. The number of furan rings is 1. The Morgan fingerprint density at radius 1 is 0.968 bits per heavy atom. The van der Waals surface area contributed by atoms with Crippen molar-refractivity contribution in [1.82, 2.24) is 10.6 Å². The van der Waals surface area contributed by atoms with E-state index in [0.29, 0.717) is 0 Å². The Labute approximate surface area is 179 Å². The van der Waals surface area contributed by atoms with Crippen molar-refractivity contribution in [2.75, 3.05) is 6.54 Å². The van der Waals surface area contributed by atoms with Crippen molar-refractivity contribution >= 4 is 21.7 Å². The Morgan fingerprint density at radius 3 is 2.23 bits per heavy atom. The molecule has 0 aliphatic carbocycles. The van der Waals surface area contributed by atoms with Crippen LogP contribution in [0.4, 0.5) is 4.39 Å². The Bertz CT molecular complexity index is 1140. The number of amides is 2. The first-order chi connectivity index (χ1) is 14.8. The molecule has 0 aliphatic heterocycles. The summed E-state index contributed by atoms with van der Waals surface area (Å²) in [7, 11) is -4.03. The van der Waals surface area contributed by atoms with Crippen molar-refractivity contribution in [1.29, 1.82) is 0 Å². The van der Waals surface area contributed by atoms with E-state index in [9.17, 15) is 22.4 Å². The molecule has 0 fully saturated rings. The minimum Gasteiger partial charge on any atom is -0.468 e. The number of hydrogen-bond donors (Lipinski definition) is 2. The Balaban J connectivity index is 1.68. The van der Waals surface area contributed by atoms with Crippen LogP contribution in [0.15, 0.2) is 76.2 Å². The van der Waals surface area contributed by atoms with Crippen LogP contribution in [0.25, 0.3) is 0 Å². The monoisotopic (exact) mass is 444 g/mol. The maximum atomic E-state index is 13.2. The molecule has 3 rings (SSSR count). The van der Waals surface area contributed by atoms with Crippen molar-refractivity contribution in [2.24, 2.45) is 0 Å². The van der Waals surface area contributed by atoms with E-state index in [4.69, 9.17) is 4.42 Å². The molecule has 0 aliphatic rings. The fourth-order valence-corrected chi connectivity index (χ4v) is 4.45. The van der Waals surface area contributed by atoms with Gasteiger partial charge in [-0.25, -0.2) is 12.8 Å². The van der Waals surface area contributed by atoms with Gasteiger partial charge in [-0.1, -0.05) is 29.8 Å². The van der Waals surface area contributed by atoms with Gasteiger partial charge in [-0.05, 0) is 48.9 Å². The third kappa shape index (κ3) is 5.58. The van der Waals surface area contributed by atoms with Crippen LogP contribution >= 0.6 is 0 Å². The topological polar surface area (TPSA) is 105 Å². The van der Waals surface area contributed by atoms with Crippen LogP contribution in [0.5, 0.6) is 0 Å². The van der Waals surface area contributed by atoms with Crippen LogP contribution < -0.4 is 10.6 Å². The zero-order valence-corrected chi connectivity index (χ0v) is 17.5. The van der Waals surface area contributed by atoms with E-state index in [1.54, 1.807) is 0 Å². The molecule has 0 saturated carbocycles. The second-order valence-corrected chi connectivity index (χ2v) is 9.01. The third-order valence-electron chi connectivity index (χ3n) is 4.61. The molecule has 0 bridgehead atoms. The van der Waals surface area contributed by atoms with Gasteiger partial charge in [0, 0.05) is 13.1 Å². The predicted molar refractivity (Wildman–Crippen MR) is 111 cm³/mol. The fraction of sp³-hybridized carbons (Fsp3) is 0.182. The number of benzene rings is 2. The number of hydrogen-bond acceptors (Lipinski definition) is 5. The molecule has 31 heavy (non-hydrogen) atoms. The van der Waals surface area contributed by atoms with Crippen molar-refractivity contribution in [3.8, 4) is 0 Å². The van der Waals surface area contributed by atoms with Crippen molar-refractivity contribution in [3.05, 3.63) is 89.6 Å².